The molecule has 0 amide bonds. The third-order valence-corrected chi connectivity index (χ3v) is 4.54. The zero-order valence-corrected chi connectivity index (χ0v) is 16.3. The molecule has 0 saturated carbocycles. The summed E-state index contributed by atoms with van der Waals surface area (Å²) in [6.45, 7) is 6.73. The molecule has 1 aliphatic rings. The fourth-order valence-electron chi connectivity index (χ4n) is 2.87. The Balaban J connectivity index is 0.000000948. The number of methoxy groups -OCH3 is 1. The van der Waals surface area contributed by atoms with E-state index >= 15 is 0 Å². The Kier molecular flexibility index (Phi) is 5.52. The molecule has 5 heteroatoms. The number of hydrogen-bond donors (Lipinski definition) is 0. The highest BCUT2D eigenvalue weighted by molar-refractivity contribution is 6.33. The fourth-order valence-corrected chi connectivity index (χ4v) is 3.13. The Morgan fingerprint density at radius 2 is 1.96 bits per heavy atom. The van der Waals surface area contributed by atoms with E-state index in [-0.39, 0.29) is 0 Å². The predicted octanol–water partition coefficient (Wildman–Crippen LogP) is 5.80. The molecule has 0 unspecified atom stereocenters. The van der Waals surface area contributed by atoms with Crippen LogP contribution in [0.3, 0.4) is 0 Å². The van der Waals surface area contributed by atoms with Gasteiger partial charge >= 0.3 is 0 Å². The van der Waals surface area contributed by atoms with Gasteiger partial charge in [0.15, 0.2) is 11.6 Å². The largest absolute Gasteiger partial charge is 0.497 e. The van der Waals surface area contributed by atoms with Gasteiger partial charge in [0.05, 0.1) is 24.2 Å². The number of fused-ring (bicyclic) bond motifs is 2. The number of benzene rings is 2. The van der Waals surface area contributed by atoms with Gasteiger partial charge in [-0.1, -0.05) is 44.5 Å². The van der Waals surface area contributed by atoms with E-state index in [1.165, 1.54) is 5.56 Å². The quantitative estimate of drug-likeness (QED) is 0.583. The minimum absolute atomic E-state index is 0.575. The first kappa shape index (κ1) is 18.3. The highest BCUT2D eigenvalue weighted by Gasteiger charge is 2.25. The summed E-state index contributed by atoms with van der Waals surface area (Å²) in [6, 6.07) is 14.0. The second-order valence-electron chi connectivity index (χ2n) is 5.78. The van der Waals surface area contributed by atoms with Gasteiger partial charge < -0.3 is 9.57 Å². The Hall–Kier alpha value is -2.46. The van der Waals surface area contributed by atoms with Crippen LogP contribution in [-0.2, 0) is 13.0 Å². The van der Waals surface area contributed by atoms with Crippen LogP contribution in [-0.4, -0.2) is 12.1 Å². The number of hydrogen-bond acceptors (Lipinski definition) is 4. The number of hydroxylamine groups is 1. The number of anilines is 1. The average Bonchev–Trinajstić information content (AvgIpc) is 3.11. The van der Waals surface area contributed by atoms with Crippen LogP contribution >= 0.6 is 11.6 Å². The molecular weight excluding hydrogens is 348 g/mol. The summed E-state index contributed by atoms with van der Waals surface area (Å²) in [6.07, 6.45) is 0.973. The van der Waals surface area contributed by atoms with Crippen molar-refractivity contribution in [1.29, 1.82) is 0 Å². The Bertz CT molecular complexity index is 927. The monoisotopic (exact) mass is 370 g/mol. The summed E-state index contributed by atoms with van der Waals surface area (Å²) >= 11 is 6.45. The predicted molar refractivity (Wildman–Crippen MR) is 107 cm³/mol. The molecule has 4 nitrogen and oxygen atoms in total. The van der Waals surface area contributed by atoms with Crippen LogP contribution in [0.2, 0.25) is 5.02 Å². The number of rotatable bonds is 3. The third-order valence-electron chi connectivity index (χ3n) is 4.26. The molecule has 0 fully saturated rings. The molecule has 3 aromatic rings. The van der Waals surface area contributed by atoms with Crippen molar-refractivity contribution < 1.29 is 9.57 Å². The van der Waals surface area contributed by atoms with E-state index in [1.807, 2.05) is 38.1 Å². The van der Waals surface area contributed by atoms with E-state index in [0.717, 1.165) is 34.4 Å². The van der Waals surface area contributed by atoms with Crippen LogP contribution in [0.1, 0.15) is 31.9 Å². The number of nitrogens with zero attached hydrogens (tertiary/aromatic N) is 2. The SMILES string of the molecule is CC.CCc1ccc2cc(Cl)c(N3Cc4ccc(OC)cc4O3)nc2c1. The molecule has 0 N–H and O–H groups in total. The van der Waals surface area contributed by atoms with Crippen molar-refractivity contribution in [2.75, 3.05) is 12.2 Å². The van der Waals surface area contributed by atoms with Crippen LogP contribution in [0.5, 0.6) is 11.5 Å². The standard InChI is InChI=1S/C19H17ClN2O2.C2H6/c1-3-12-4-5-13-9-16(20)19(21-17(13)8-12)22-11-14-6-7-15(23-2)10-18(14)24-22;1-2/h4-10H,3,11H2,1-2H3;1-2H3. The molecule has 0 radical (unpaired) electrons. The third kappa shape index (κ3) is 3.42. The molecule has 0 spiro atoms. The first-order valence-corrected chi connectivity index (χ1v) is 9.27. The number of aryl methyl sites for hydroxylation is 1. The molecule has 0 saturated heterocycles. The smallest absolute Gasteiger partial charge is 0.183 e. The van der Waals surface area contributed by atoms with Gasteiger partial charge in [-0.3, -0.25) is 0 Å². The summed E-state index contributed by atoms with van der Waals surface area (Å²) in [4.78, 5) is 10.7. The maximum Gasteiger partial charge on any atom is 0.183 e. The molecule has 2 aromatic carbocycles. The topological polar surface area (TPSA) is 34.6 Å². The molecule has 0 aliphatic carbocycles. The van der Waals surface area contributed by atoms with Gasteiger partial charge in [-0.05, 0) is 36.2 Å². The summed E-state index contributed by atoms with van der Waals surface area (Å²) in [5.74, 6) is 2.17. The normalized spacial score (nSPS) is 12.3. The van der Waals surface area contributed by atoms with E-state index in [0.29, 0.717) is 17.4 Å². The van der Waals surface area contributed by atoms with Crippen molar-refractivity contribution in [3.05, 3.63) is 58.6 Å². The van der Waals surface area contributed by atoms with Crippen molar-refractivity contribution >= 4 is 28.3 Å². The van der Waals surface area contributed by atoms with Crippen molar-refractivity contribution in [2.45, 2.75) is 33.7 Å². The van der Waals surface area contributed by atoms with Gasteiger partial charge in [0.1, 0.15) is 5.75 Å². The summed E-state index contributed by atoms with van der Waals surface area (Å²) in [7, 11) is 1.64. The van der Waals surface area contributed by atoms with Crippen LogP contribution in [0, 0.1) is 0 Å². The Morgan fingerprint density at radius 1 is 1.15 bits per heavy atom. The van der Waals surface area contributed by atoms with Crippen molar-refractivity contribution in [2.24, 2.45) is 0 Å². The lowest BCUT2D eigenvalue weighted by Crippen LogP contribution is -2.21. The maximum absolute atomic E-state index is 6.45. The van der Waals surface area contributed by atoms with Crippen LogP contribution in [0.25, 0.3) is 10.9 Å². The van der Waals surface area contributed by atoms with E-state index in [4.69, 9.17) is 26.2 Å². The van der Waals surface area contributed by atoms with E-state index < -0.39 is 0 Å². The van der Waals surface area contributed by atoms with Crippen molar-refractivity contribution in [3.63, 3.8) is 0 Å². The highest BCUT2D eigenvalue weighted by atomic mass is 35.5. The Labute approximate surface area is 159 Å². The van der Waals surface area contributed by atoms with Gasteiger partial charge in [0, 0.05) is 17.0 Å². The zero-order valence-electron chi connectivity index (χ0n) is 15.5. The molecule has 2 heterocycles. The second kappa shape index (κ2) is 7.83. The van der Waals surface area contributed by atoms with Crippen LogP contribution in [0.15, 0.2) is 42.5 Å². The molecule has 0 bridgehead atoms. The maximum atomic E-state index is 6.45. The number of pyridine rings is 1. The summed E-state index contributed by atoms with van der Waals surface area (Å²) in [5.41, 5.74) is 3.25. The van der Waals surface area contributed by atoms with Crippen LogP contribution in [0.4, 0.5) is 5.82 Å². The zero-order chi connectivity index (χ0) is 18.7. The van der Waals surface area contributed by atoms with Crippen molar-refractivity contribution in [3.8, 4) is 11.5 Å². The molecular formula is C21H23ClN2O2. The van der Waals surface area contributed by atoms with Crippen molar-refractivity contribution in [1.82, 2.24) is 4.98 Å². The van der Waals surface area contributed by atoms with E-state index in [1.54, 1.807) is 12.2 Å². The van der Waals surface area contributed by atoms with E-state index in [9.17, 15) is 0 Å². The highest BCUT2D eigenvalue weighted by Crippen LogP contribution is 2.37. The second-order valence-corrected chi connectivity index (χ2v) is 6.18. The molecule has 0 atom stereocenters. The first-order chi connectivity index (χ1) is 12.7. The first-order valence-electron chi connectivity index (χ1n) is 8.89. The Morgan fingerprint density at radius 3 is 2.69 bits per heavy atom. The molecule has 26 heavy (non-hydrogen) atoms. The average molecular weight is 371 g/mol. The molecule has 1 aromatic heterocycles. The number of halogens is 1. The minimum atomic E-state index is 0.575. The number of aromatic nitrogens is 1. The van der Waals surface area contributed by atoms with Gasteiger partial charge in [-0.25, -0.2) is 4.98 Å². The van der Waals surface area contributed by atoms with Gasteiger partial charge in [-0.2, -0.15) is 5.06 Å². The van der Waals surface area contributed by atoms with Crippen LogP contribution < -0.4 is 14.6 Å². The summed E-state index contributed by atoms with van der Waals surface area (Å²) < 4.78 is 5.25. The summed E-state index contributed by atoms with van der Waals surface area (Å²) in [5, 5.41) is 3.33. The minimum Gasteiger partial charge on any atom is -0.497 e. The fraction of sp³-hybridized carbons (Fsp3) is 0.286. The lowest BCUT2D eigenvalue weighted by Gasteiger charge is -2.17. The van der Waals surface area contributed by atoms with Gasteiger partial charge in [0.2, 0.25) is 0 Å². The van der Waals surface area contributed by atoms with Gasteiger partial charge in [0.25, 0.3) is 0 Å². The molecule has 1 aliphatic heterocycles. The van der Waals surface area contributed by atoms with E-state index in [2.05, 4.69) is 25.1 Å². The lowest BCUT2D eigenvalue weighted by atomic mass is 10.1. The number of ether oxygens (including phenoxy) is 1. The lowest BCUT2D eigenvalue weighted by molar-refractivity contribution is 0.303. The molecule has 4 rings (SSSR count). The van der Waals surface area contributed by atoms with Gasteiger partial charge in [-0.15, -0.1) is 0 Å². The molecule has 136 valence electrons.